The van der Waals surface area contributed by atoms with E-state index in [0.717, 1.165) is 16.7 Å². The molecule has 0 amide bonds. The van der Waals surface area contributed by atoms with Gasteiger partial charge < -0.3 is 0 Å². The van der Waals surface area contributed by atoms with Crippen molar-refractivity contribution in [2.75, 3.05) is 0 Å². The van der Waals surface area contributed by atoms with Crippen molar-refractivity contribution >= 4 is 24.0 Å². The molecule has 0 atom stereocenters. The molecule has 1 aromatic heterocycles. The smallest absolute Gasteiger partial charge is 0.0728 e. The molecule has 4 aromatic rings. The third-order valence-electron chi connectivity index (χ3n) is 4.06. The van der Waals surface area contributed by atoms with Crippen LogP contribution in [0.4, 0.5) is 0 Å². The molecule has 3 aromatic carbocycles. The molecule has 0 bridgehead atoms. The van der Waals surface area contributed by atoms with Crippen LogP contribution in [0, 0.1) is 0 Å². The Labute approximate surface area is 149 Å². The molecule has 25 heavy (non-hydrogen) atoms. The molecular formula is C23H18NP. The summed E-state index contributed by atoms with van der Waals surface area (Å²) in [5.41, 5.74) is 3.31. The first kappa shape index (κ1) is 15.7. The van der Waals surface area contributed by atoms with E-state index in [4.69, 9.17) is 4.98 Å². The third kappa shape index (κ3) is 3.52. The van der Waals surface area contributed by atoms with Crippen LogP contribution in [-0.4, -0.2) is 4.98 Å². The number of hydrogen-bond donors (Lipinski definition) is 0. The van der Waals surface area contributed by atoms with Gasteiger partial charge in [0.2, 0.25) is 0 Å². The van der Waals surface area contributed by atoms with Crippen LogP contribution >= 0.6 is 7.92 Å². The first-order valence-corrected chi connectivity index (χ1v) is 9.69. The SMILES string of the molecule is c1ccc(-c2cccc(P(c3ccccc3)c3ccccc3)n2)cc1. The van der Waals surface area contributed by atoms with Crippen LogP contribution in [0.2, 0.25) is 0 Å². The van der Waals surface area contributed by atoms with Gasteiger partial charge in [-0.1, -0.05) is 97.1 Å². The minimum absolute atomic E-state index is 0.664. The maximum atomic E-state index is 5.02. The number of nitrogens with zero attached hydrogens (tertiary/aromatic N) is 1. The fourth-order valence-corrected chi connectivity index (χ4v) is 5.10. The Morgan fingerprint density at radius 2 is 1.00 bits per heavy atom. The van der Waals surface area contributed by atoms with E-state index in [1.165, 1.54) is 10.6 Å². The van der Waals surface area contributed by atoms with E-state index in [9.17, 15) is 0 Å². The van der Waals surface area contributed by atoms with Crippen molar-refractivity contribution in [1.82, 2.24) is 4.98 Å². The Morgan fingerprint density at radius 3 is 1.56 bits per heavy atom. The van der Waals surface area contributed by atoms with Crippen LogP contribution in [0.15, 0.2) is 109 Å². The second kappa shape index (κ2) is 7.42. The lowest BCUT2D eigenvalue weighted by Crippen LogP contribution is -2.22. The van der Waals surface area contributed by atoms with Crippen molar-refractivity contribution in [3.8, 4) is 11.3 Å². The topological polar surface area (TPSA) is 12.9 Å². The van der Waals surface area contributed by atoms with Gasteiger partial charge in [0.25, 0.3) is 0 Å². The molecule has 0 saturated carbocycles. The zero-order chi connectivity index (χ0) is 16.9. The monoisotopic (exact) mass is 339 g/mol. The van der Waals surface area contributed by atoms with Gasteiger partial charge in [0.15, 0.2) is 0 Å². The van der Waals surface area contributed by atoms with Crippen LogP contribution in [0.25, 0.3) is 11.3 Å². The van der Waals surface area contributed by atoms with Crippen LogP contribution in [0.5, 0.6) is 0 Å². The Morgan fingerprint density at radius 1 is 0.480 bits per heavy atom. The third-order valence-corrected chi connectivity index (χ3v) is 6.40. The lowest BCUT2D eigenvalue weighted by atomic mass is 10.1. The number of benzene rings is 3. The first-order chi connectivity index (χ1) is 12.4. The fraction of sp³-hybridized carbons (Fsp3) is 0. The zero-order valence-electron chi connectivity index (χ0n) is 13.8. The van der Waals surface area contributed by atoms with Crippen LogP contribution in [-0.2, 0) is 0 Å². The van der Waals surface area contributed by atoms with Crippen LogP contribution in [0.1, 0.15) is 0 Å². The van der Waals surface area contributed by atoms with Crippen molar-refractivity contribution in [2.45, 2.75) is 0 Å². The minimum Gasteiger partial charge on any atom is -0.247 e. The molecule has 0 radical (unpaired) electrons. The summed E-state index contributed by atoms with van der Waals surface area (Å²) in [5.74, 6) is 0. The lowest BCUT2D eigenvalue weighted by molar-refractivity contribution is 1.38. The highest BCUT2D eigenvalue weighted by Gasteiger charge is 2.17. The summed E-state index contributed by atoms with van der Waals surface area (Å²) >= 11 is 0. The van der Waals surface area contributed by atoms with Gasteiger partial charge in [0.05, 0.1) is 11.1 Å². The van der Waals surface area contributed by atoms with Crippen molar-refractivity contribution in [3.63, 3.8) is 0 Å². The fourth-order valence-electron chi connectivity index (χ4n) is 2.89. The van der Waals surface area contributed by atoms with E-state index in [1.54, 1.807) is 0 Å². The summed E-state index contributed by atoms with van der Waals surface area (Å²) in [6.07, 6.45) is 0. The predicted molar refractivity (Wildman–Crippen MR) is 108 cm³/mol. The highest BCUT2D eigenvalue weighted by atomic mass is 31.1. The minimum atomic E-state index is -0.664. The Balaban J connectivity index is 1.83. The lowest BCUT2D eigenvalue weighted by Gasteiger charge is -2.18. The summed E-state index contributed by atoms with van der Waals surface area (Å²) in [5, 5.41) is 2.64. The molecule has 0 unspecified atom stereocenters. The second-order valence-electron chi connectivity index (χ2n) is 5.75. The summed E-state index contributed by atoms with van der Waals surface area (Å²) in [6.45, 7) is 0. The molecule has 0 aliphatic carbocycles. The van der Waals surface area contributed by atoms with Crippen molar-refractivity contribution in [3.05, 3.63) is 109 Å². The van der Waals surface area contributed by atoms with Gasteiger partial charge in [-0.3, -0.25) is 0 Å². The van der Waals surface area contributed by atoms with Crippen LogP contribution < -0.4 is 16.0 Å². The van der Waals surface area contributed by atoms with Crippen LogP contribution in [0.3, 0.4) is 0 Å². The van der Waals surface area contributed by atoms with Gasteiger partial charge in [-0.15, -0.1) is 0 Å². The molecule has 0 N–H and O–H groups in total. The van der Waals surface area contributed by atoms with E-state index in [2.05, 4.69) is 103 Å². The first-order valence-electron chi connectivity index (χ1n) is 8.34. The average molecular weight is 339 g/mol. The molecule has 0 spiro atoms. The maximum Gasteiger partial charge on any atom is 0.0728 e. The molecule has 1 heterocycles. The molecule has 1 nitrogen and oxygen atoms in total. The van der Waals surface area contributed by atoms with Gasteiger partial charge in [0, 0.05) is 13.5 Å². The normalized spacial score (nSPS) is 10.8. The summed E-state index contributed by atoms with van der Waals surface area (Å²) < 4.78 is 0. The van der Waals surface area contributed by atoms with Gasteiger partial charge in [-0.25, -0.2) is 4.98 Å². The molecule has 0 saturated heterocycles. The van der Waals surface area contributed by atoms with Gasteiger partial charge in [-0.05, 0) is 22.7 Å². The summed E-state index contributed by atoms with van der Waals surface area (Å²) in [6, 6.07) is 38.1. The van der Waals surface area contributed by atoms with Gasteiger partial charge >= 0.3 is 0 Å². The predicted octanol–water partition coefficient (Wildman–Crippen LogP) is 4.51. The van der Waals surface area contributed by atoms with E-state index in [0.29, 0.717) is 0 Å². The van der Waals surface area contributed by atoms with E-state index < -0.39 is 7.92 Å². The molecule has 0 aliphatic heterocycles. The van der Waals surface area contributed by atoms with Gasteiger partial charge in [-0.2, -0.15) is 0 Å². The number of hydrogen-bond acceptors (Lipinski definition) is 1. The molecule has 120 valence electrons. The highest BCUT2D eigenvalue weighted by Crippen LogP contribution is 2.32. The quantitative estimate of drug-likeness (QED) is 0.499. The van der Waals surface area contributed by atoms with E-state index in [-0.39, 0.29) is 0 Å². The molecule has 0 aliphatic rings. The van der Waals surface area contributed by atoms with Gasteiger partial charge in [0.1, 0.15) is 0 Å². The summed E-state index contributed by atoms with van der Waals surface area (Å²) in [4.78, 5) is 5.02. The number of pyridine rings is 1. The highest BCUT2D eigenvalue weighted by molar-refractivity contribution is 7.79. The maximum absolute atomic E-state index is 5.02. The summed E-state index contributed by atoms with van der Waals surface area (Å²) in [7, 11) is -0.664. The Bertz CT molecular complexity index is 898. The molecule has 2 heteroatoms. The van der Waals surface area contributed by atoms with Crippen molar-refractivity contribution in [1.29, 1.82) is 0 Å². The number of rotatable bonds is 4. The molecule has 0 fully saturated rings. The van der Waals surface area contributed by atoms with E-state index in [1.807, 2.05) is 6.07 Å². The second-order valence-corrected chi connectivity index (χ2v) is 7.92. The molecular weight excluding hydrogens is 321 g/mol. The van der Waals surface area contributed by atoms with E-state index >= 15 is 0 Å². The Hall–Kier alpha value is -2.76. The zero-order valence-corrected chi connectivity index (χ0v) is 14.7. The standard InChI is InChI=1S/C23H18NP/c1-4-11-19(12-5-1)22-17-10-18-23(24-22)25(20-13-6-2-7-14-20)21-15-8-3-9-16-21/h1-18H. The Kier molecular flexibility index (Phi) is 4.68. The molecule has 4 rings (SSSR count). The number of aromatic nitrogens is 1. The van der Waals surface area contributed by atoms with Crippen molar-refractivity contribution in [2.24, 2.45) is 0 Å². The largest absolute Gasteiger partial charge is 0.247 e. The average Bonchev–Trinajstić information content (AvgIpc) is 2.71. The van der Waals surface area contributed by atoms with Crippen molar-refractivity contribution < 1.29 is 0 Å².